The Bertz CT molecular complexity index is 582. The van der Waals surface area contributed by atoms with Crippen molar-refractivity contribution in [1.29, 1.82) is 0 Å². The molecular weight excluding hydrogens is 346 g/mol. The van der Waals surface area contributed by atoms with Crippen molar-refractivity contribution in [3.05, 3.63) is 46.8 Å². The molecule has 0 radical (unpaired) electrons. The third-order valence-corrected chi connectivity index (χ3v) is 6.07. The van der Waals surface area contributed by atoms with Crippen LogP contribution in [0.25, 0.3) is 0 Å². The Morgan fingerprint density at radius 1 is 1.11 bits per heavy atom. The van der Waals surface area contributed by atoms with Gasteiger partial charge in [-0.15, -0.1) is 0 Å². The minimum atomic E-state index is 0.485. The van der Waals surface area contributed by atoms with E-state index in [0.29, 0.717) is 6.04 Å². The van der Waals surface area contributed by atoms with E-state index in [1.807, 2.05) is 0 Å². The summed E-state index contributed by atoms with van der Waals surface area (Å²) in [5, 5.41) is 3.43. The van der Waals surface area contributed by atoms with Crippen molar-refractivity contribution in [2.75, 3.05) is 46.9 Å². The maximum Gasteiger partial charge on any atom is 0.114 e. The van der Waals surface area contributed by atoms with Gasteiger partial charge < -0.3 is 15.0 Å². The van der Waals surface area contributed by atoms with E-state index in [2.05, 4.69) is 67.2 Å². The lowest BCUT2D eigenvalue weighted by atomic mass is 10.00. The average molecular weight is 388 g/mol. The highest BCUT2D eigenvalue weighted by Crippen LogP contribution is 2.19. The van der Waals surface area contributed by atoms with Gasteiger partial charge in [-0.05, 0) is 50.9 Å². The van der Waals surface area contributed by atoms with Gasteiger partial charge in [0.05, 0.1) is 7.11 Å². The van der Waals surface area contributed by atoms with Crippen LogP contribution in [0, 0.1) is 0 Å². The number of allylic oxidation sites excluding steroid dienone is 2. The summed E-state index contributed by atoms with van der Waals surface area (Å²) in [4.78, 5) is 5.08. The molecule has 1 unspecified atom stereocenters. The average Bonchev–Trinajstić information content (AvgIpc) is 2.74. The smallest absolute Gasteiger partial charge is 0.114 e. The molecule has 0 spiro atoms. The van der Waals surface area contributed by atoms with Gasteiger partial charge in [0.1, 0.15) is 5.76 Å². The summed E-state index contributed by atoms with van der Waals surface area (Å²) in [6, 6.07) is 9.73. The molecule has 1 aliphatic heterocycles. The summed E-state index contributed by atoms with van der Waals surface area (Å²) in [6.45, 7) is 12.3. The number of methoxy groups -OCH3 is 1. The Balaban J connectivity index is 1.74. The highest BCUT2D eigenvalue weighted by Gasteiger charge is 2.18. The summed E-state index contributed by atoms with van der Waals surface area (Å²) in [5.74, 6) is 1.12. The van der Waals surface area contributed by atoms with Crippen LogP contribution in [0.3, 0.4) is 0 Å². The number of ether oxygens (including phenoxy) is 1. The monoisotopic (exact) mass is 387 g/mol. The fourth-order valence-electron chi connectivity index (χ4n) is 4.22. The first-order valence-corrected chi connectivity index (χ1v) is 11.1. The van der Waals surface area contributed by atoms with E-state index in [4.69, 9.17) is 4.74 Å². The quantitative estimate of drug-likeness (QED) is 0.562. The first kappa shape index (κ1) is 22.8. The number of rotatable bonds is 11. The van der Waals surface area contributed by atoms with Crippen LogP contribution in [-0.4, -0.2) is 56.7 Å². The normalized spacial score (nSPS) is 17.4. The van der Waals surface area contributed by atoms with Gasteiger partial charge in [-0.2, -0.15) is 0 Å². The van der Waals surface area contributed by atoms with Crippen molar-refractivity contribution in [1.82, 2.24) is 15.1 Å². The Hall–Kier alpha value is -1.52. The third kappa shape index (κ3) is 6.52. The fraction of sp³-hybridized carbons (Fsp3) is 0.667. The molecule has 1 aliphatic rings. The molecule has 1 aromatic rings. The number of benzene rings is 1. The topological polar surface area (TPSA) is 27.7 Å². The van der Waals surface area contributed by atoms with Crippen molar-refractivity contribution >= 4 is 0 Å². The highest BCUT2D eigenvalue weighted by atomic mass is 16.5. The van der Waals surface area contributed by atoms with Gasteiger partial charge in [0.25, 0.3) is 0 Å². The van der Waals surface area contributed by atoms with E-state index < -0.39 is 0 Å². The van der Waals surface area contributed by atoms with Crippen LogP contribution in [0.5, 0.6) is 0 Å². The van der Waals surface area contributed by atoms with Gasteiger partial charge in [0.15, 0.2) is 0 Å². The van der Waals surface area contributed by atoms with Gasteiger partial charge in [-0.25, -0.2) is 0 Å². The molecule has 2 rings (SSSR count). The molecule has 158 valence electrons. The minimum Gasteiger partial charge on any atom is -0.499 e. The van der Waals surface area contributed by atoms with Crippen LogP contribution >= 0.6 is 0 Å². The van der Waals surface area contributed by atoms with E-state index in [9.17, 15) is 0 Å². The molecule has 1 atom stereocenters. The van der Waals surface area contributed by atoms with Crippen LogP contribution in [0.15, 0.2) is 35.7 Å². The Labute approximate surface area is 172 Å². The first-order chi connectivity index (χ1) is 13.6. The SMILES string of the molecule is CCCC(NC)c1ccc(CCCN2CCN(/C(C)=C(/CC)OC)CC2)cc1. The fourth-order valence-corrected chi connectivity index (χ4v) is 4.22. The number of nitrogens with zero attached hydrogens (tertiary/aromatic N) is 2. The molecule has 0 aliphatic carbocycles. The van der Waals surface area contributed by atoms with E-state index >= 15 is 0 Å². The van der Waals surface area contributed by atoms with Crippen molar-refractivity contribution in [2.45, 2.75) is 58.9 Å². The number of aryl methyl sites for hydroxylation is 1. The minimum absolute atomic E-state index is 0.485. The van der Waals surface area contributed by atoms with Crippen molar-refractivity contribution in [2.24, 2.45) is 0 Å². The lowest BCUT2D eigenvalue weighted by molar-refractivity contribution is 0.148. The predicted octanol–water partition coefficient (Wildman–Crippen LogP) is 4.59. The van der Waals surface area contributed by atoms with E-state index in [1.54, 1.807) is 7.11 Å². The van der Waals surface area contributed by atoms with Crippen LogP contribution < -0.4 is 5.32 Å². The van der Waals surface area contributed by atoms with Gasteiger partial charge in [0.2, 0.25) is 0 Å². The molecule has 0 saturated carbocycles. The maximum absolute atomic E-state index is 5.52. The third-order valence-electron chi connectivity index (χ3n) is 6.07. The second-order valence-corrected chi connectivity index (χ2v) is 7.87. The lowest BCUT2D eigenvalue weighted by Gasteiger charge is -2.37. The molecule has 1 fully saturated rings. The van der Waals surface area contributed by atoms with Crippen molar-refractivity contribution in [3.63, 3.8) is 0 Å². The summed E-state index contributed by atoms with van der Waals surface area (Å²) in [5.41, 5.74) is 4.18. The van der Waals surface area contributed by atoms with Gasteiger partial charge in [0, 0.05) is 44.3 Å². The van der Waals surface area contributed by atoms with Crippen LogP contribution in [0.2, 0.25) is 0 Å². The van der Waals surface area contributed by atoms with E-state index in [-0.39, 0.29) is 0 Å². The molecule has 4 heteroatoms. The van der Waals surface area contributed by atoms with Gasteiger partial charge in [-0.1, -0.05) is 44.5 Å². The largest absolute Gasteiger partial charge is 0.499 e. The summed E-state index contributed by atoms with van der Waals surface area (Å²) in [7, 11) is 3.84. The Morgan fingerprint density at radius 2 is 1.79 bits per heavy atom. The Kier molecular flexibility index (Phi) is 9.86. The lowest BCUT2D eigenvalue weighted by Crippen LogP contribution is -2.46. The Morgan fingerprint density at radius 3 is 2.32 bits per heavy atom. The predicted molar refractivity (Wildman–Crippen MR) is 119 cm³/mol. The number of hydrogen-bond donors (Lipinski definition) is 1. The summed E-state index contributed by atoms with van der Waals surface area (Å²) >= 11 is 0. The molecular formula is C24H41N3O. The number of piperazine rings is 1. The van der Waals surface area contributed by atoms with Crippen molar-refractivity contribution < 1.29 is 4.74 Å². The van der Waals surface area contributed by atoms with Crippen LogP contribution in [0.1, 0.15) is 63.6 Å². The molecule has 0 bridgehead atoms. The standard InChI is InChI=1S/C24H41N3O/c1-6-9-23(25-4)22-13-11-21(12-14-22)10-8-15-26-16-18-27(19-17-26)20(3)24(7-2)28-5/h11-14,23,25H,6-10,15-19H2,1-5H3/b24-20-. The molecule has 1 heterocycles. The molecule has 0 amide bonds. The van der Waals surface area contributed by atoms with E-state index in [1.165, 1.54) is 49.1 Å². The molecule has 1 N–H and O–H groups in total. The van der Waals surface area contributed by atoms with Crippen LogP contribution in [0.4, 0.5) is 0 Å². The second kappa shape index (κ2) is 12.1. The van der Waals surface area contributed by atoms with E-state index in [0.717, 1.165) is 38.4 Å². The summed E-state index contributed by atoms with van der Waals surface area (Å²) in [6.07, 6.45) is 5.77. The molecule has 28 heavy (non-hydrogen) atoms. The van der Waals surface area contributed by atoms with Gasteiger partial charge >= 0.3 is 0 Å². The number of nitrogens with one attached hydrogen (secondary N) is 1. The second-order valence-electron chi connectivity index (χ2n) is 7.87. The highest BCUT2D eigenvalue weighted by molar-refractivity contribution is 5.25. The number of hydrogen-bond acceptors (Lipinski definition) is 4. The first-order valence-electron chi connectivity index (χ1n) is 11.1. The molecule has 4 nitrogen and oxygen atoms in total. The molecule has 1 aromatic carbocycles. The zero-order valence-corrected chi connectivity index (χ0v) is 18.8. The zero-order valence-electron chi connectivity index (χ0n) is 18.8. The van der Waals surface area contributed by atoms with Crippen molar-refractivity contribution in [3.8, 4) is 0 Å². The van der Waals surface area contributed by atoms with Gasteiger partial charge in [-0.3, -0.25) is 4.90 Å². The zero-order chi connectivity index (χ0) is 20.4. The molecule has 0 aromatic heterocycles. The summed E-state index contributed by atoms with van der Waals surface area (Å²) < 4.78 is 5.52. The van der Waals surface area contributed by atoms with Crippen LogP contribution in [-0.2, 0) is 11.2 Å². The molecule has 1 saturated heterocycles. The maximum atomic E-state index is 5.52.